The third kappa shape index (κ3) is 5.49. The Balaban J connectivity index is 0.963. The zero-order valence-electron chi connectivity index (χ0n) is 36.0. The van der Waals surface area contributed by atoms with E-state index in [1.165, 1.54) is 106 Å². The van der Waals surface area contributed by atoms with Crippen LogP contribution in [-0.4, -0.2) is 0 Å². The molecule has 9 aromatic carbocycles. The quantitative estimate of drug-likeness (QED) is 0.131. The summed E-state index contributed by atoms with van der Waals surface area (Å²) in [7, 11) is 0. The standard InChI is InChI=1S/C62H49N/c1-3-61(4-2)56-40-42(30-32-44-19-17-29-55-60(44)52-26-14-15-28-54(52)62(55,46-20-8-5-9-21-46)47-22-10-6-11-23-47)31-37-50(56)51-38-36-49(41-57(51)61)63(48-24-12-7-13-25-48)58-39-35-45-34-33-43-18-16-27-53(58)59(43)45/h5-32,35-41H,3-4,33-34H2,1-2H3/b32-30+. The molecule has 0 saturated carbocycles. The molecule has 302 valence electrons. The van der Waals surface area contributed by atoms with E-state index in [0.29, 0.717) is 0 Å². The highest BCUT2D eigenvalue weighted by Crippen LogP contribution is 2.58. The zero-order valence-corrected chi connectivity index (χ0v) is 36.0. The van der Waals surface area contributed by atoms with Crippen LogP contribution in [0, 0.1) is 0 Å². The van der Waals surface area contributed by atoms with Gasteiger partial charge in [0, 0.05) is 22.2 Å². The van der Waals surface area contributed by atoms with Crippen LogP contribution in [0.15, 0.2) is 200 Å². The molecule has 1 heteroatoms. The molecule has 1 nitrogen and oxygen atoms in total. The molecule has 0 radical (unpaired) electrons. The first-order valence-corrected chi connectivity index (χ1v) is 22.8. The number of hydrogen-bond donors (Lipinski definition) is 0. The van der Waals surface area contributed by atoms with Crippen LogP contribution in [0.25, 0.3) is 45.2 Å². The minimum atomic E-state index is -0.414. The van der Waals surface area contributed by atoms with Crippen LogP contribution >= 0.6 is 0 Å². The van der Waals surface area contributed by atoms with Crippen molar-refractivity contribution in [3.63, 3.8) is 0 Å². The molecule has 3 aliphatic carbocycles. The molecule has 0 spiro atoms. The van der Waals surface area contributed by atoms with E-state index in [2.05, 4.69) is 231 Å². The normalized spacial score (nSPS) is 14.7. The summed E-state index contributed by atoms with van der Waals surface area (Å²) >= 11 is 0. The van der Waals surface area contributed by atoms with Gasteiger partial charge in [-0.25, -0.2) is 0 Å². The second-order valence-corrected chi connectivity index (χ2v) is 17.7. The molecule has 0 amide bonds. The third-order valence-corrected chi connectivity index (χ3v) is 14.9. The highest BCUT2D eigenvalue weighted by Gasteiger charge is 2.46. The molecule has 0 atom stereocenters. The van der Waals surface area contributed by atoms with E-state index in [0.717, 1.165) is 25.7 Å². The Morgan fingerprint density at radius 3 is 1.81 bits per heavy atom. The molecule has 0 N–H and O–H groups in total. The van der Waals surface area contributed by atoms with Gasteiger partial charge in [0.15, 0.2) is 0 Å². The molecular weight excluding hydrogens is 759 g/mol. The molecule has 63 heavy (non-hydrogen) atoms. The van der Waals surface area contributed by atoms with Crippen molar-refractivity contribution < 1.29 is 0 Å². The number of para-hydroxylation sites is 1. The number of aryl methyl sites for hydroxylation is 2. The van der Waals surface area contributed by atoms with Gasteiger partial charge in [-0.15, -0.1) is 0 Å². The van der Waals surface area contributed by atoms with Crippen LogP contribution in [0.3, 0.4) is 0 Å². The van der Waals surface area contributed by atoms with Crippen molar-refractivity contribution in [2.75, 3.05) is 4.90 Å². The van der Waals surface area contributed by atoms with Crippen molar-refractivity contribution in [2.24, 2.45) is 0 Å². The summed E-state index contributed by atoms with van der Waals surface area (Å²) < 4.78 is 0. The van der Waals surface area contributed by atoms with E-state index in [1.54, 1.807) is 0 Å². The van der Waals surface area contributed by atoms with E-state index in [1.807, 2.05) is 0 Å². The largest absolute Gasteiger partial charge is 0.310 e. The number of benzene rings is 9. The first-order chi connectivity index (χ1) is 31.1. The van der Waals surface area contributed by atoms with Crippen LogP contribution in [0.4, 0.5) is 17.1 Å². The topological polar surface area (TPSA) is 3.24 Å². The second-order valence-electron chi connectivity index (χ2n) is 17.7. The van der Waals surface area contributed by atoms with Gasteiger partial charge in [-0.3, -0.25) is 0 Å². The van der Waals surface area contributed by atoms with Crippen LogP contribution < -0.4 is 4.90 Å². The molecular formula is C62H49N. The van der Waals surface area contributed by atoms with Crippen molar-refractivity contribution in [2.45, 2.75) is 50.4 Å². The van der Waals surface area contributed by atoms with Gasteiger partial charge in [0.25, 0.3) is 0 Å². The van der Waals surface area contributed by atoms with Crippen molar-refractivity contribution >= 4 is 40.0 Å². The molecule has 0 unspecified atom stereocenters. The summed E-state index contributed by atoms with van der Waals surface area (Å²) in [5.41, 5.74) is 22.0. The van der Waals surface area contributed by atoms with Gasteiger partial charge in [0.2, 0.25) is 0 Å². The van der Waals surface area contributed by atoms with E-state index < -0.39 is 5.41 Å². The van der Waals surface area contributed by atoms with Crippen molar-refractivity contribution in [1.82, 2.24) is 0 Å². The van der Waals surface area contributed by atoms with Crippen molar-refractivity contribution in [1.29, 1.82) is 0 Å². The molecule has 12 rings (SSSR count). The maximum atomic E-state index is 2.52. The minimum absolute atomic E-state index is 0.104. The van der Waals surface area contributed by atoms with Gasteiger partial charge in [-0.1, -0.05) is 196 Å². The van der Waals surface area contributed by atoms with Crippen molar-refractivity contribution in [3.05, 3.63) is 256 Å². The molecule has 0 heterocycles. The van der Waals surface area contributed by atoms with Gasteiger partial charge in [0.05, 0.1) is 11.1 Å². The maximum Gasteiger partial charge on any atom is 0.0713 e. The maximum absolute atomic E-state index is 2.52. The Morgan fingerprint density at radius 1 is 0.460 bits per heavy atom. The van der Waals surface area contributed by atoms with E-state index in [4.69, 9.17) is 0 Å². The molecule has 0 aliphatic heterocycles. The zero-order chi connectivity index (χ0) is 42.1. The lowest BCUT2D eigenvalue weighted by Crippen LogP contribution is -2.28. The molecule has 0 fully saturated rings. The van der Waals surface area contributed by atoms with Crippen LogP contribution in [0.2, 0.25) is 0 Å². The smallest absolute Gasteiger partial charge is 0.0713 e. The summed E-state index contributed by atoms with van der Waals surface area (Å²) in [5, 5.41) is 2.78. The summed E-state index contributed by atoms with van der Waals surface area (Å²) in [4.78, 5) is 2.50. The third-order valence-electron chi connectivity index (χ3n) is 14.9. The second kappa shape index (κ2) is 14.7. The average molecular weight is 808 g/mol. The highest BCUT2D eigenvalue weighted by atomic mass is 15.1. The fraction of sp³-hybridized carbons (Fsp3) is 0.129. The number of hydrogen-bond acceptors (Lipinski definition) is 1. The molecule has 3 aliphatic rings. The van der Waals surface area contributed by atoms with Crippen LogP contribution in [0.1, 0.15) is 82.3 Å². The Hall–Kier alpha value is -7.22. The van der Waals surface area contributed by atoms with Gasteiger partial charge in [-0.2, -0.15) is 0 Å². The predicted molar refractivity (Wildman–Crippen MR) is 266 cm³/mol. The number of anilines is 3. The number of fused-ring (bicyclic) bond motifs is 6. The Morgan fingerprint density at radius 2 is 1.08 bits per heavy atom. The first-order valence-electron chi connectivity index (χ1n) is 22.8. The van der Waals surface area contributed by atoms with E-state index in [-0.39, 0.29) is 5.41 Å². The Kier molecular flexibility index (Phi) is 8.76. The summed E-state index contributed by atoms with van der Waals surface area (Å²) in [6.07, 6.45) is 9.00. The SMILES string of the molecule is CCC1(CC)c2cc(/C=C/c3cccc4c3-c3ccccc3C4(c3ccccc3)c3ccccc3)ccc2-c2ccc(N(c3ccccc3)c3ccc4c5c(cccc35)CC4)cc21. The van der Waals surface area contributed by atoms with Gasteiger partial charge in [-0.05, 0) is 139 Å². The lowest BCUT2D eigenvalue weighted by molar-refractivity contribution is 0.490. The van der Waals surface area contributed by atoms with E-state index >= 15 is 0 Å². The fourth-order valence-electron chi connectivity index (χ4n) is 12.0. The number of rotatable bonds is 9. The van der Waals surface area contributed by atoms with Gasteiger partial charge in [0.1, 0.15) is 0 Å². The summed E-state index contributed by atoms with van der Waals surface area (Å²) in [5.74, 6) is 0. The Labute approximate surface area is 371 Å². The number of nitrogens with zero attached hydrogens (tertiary/aromatic N) is 1. The minimum Gasteiger partial charge on any atom is -0.310 e. The monoisotopic (exact) mass is 807 g/mol. The average Bonchev–Trinajstić information content (AvgIpc) is 4.00. The van der Waals surface area contributed by atoms with Gasteiger partial charge >= 0.3 is 0 Å². The molecule has 0 aromatic heterocycles. The van der Waals surface area contributed by atoms with Crippen molar-refractivity contribution in [3.8, 4) is 22.3 Å². The van der Waals surface area contributed by atoms with E-state index in [9.17, 15) is 0 Å². The molecule has 0 saturated heterocycles. The molecule has 0 bridgehead atoms. The molecule has 9 aromatic rings. The fourth-order valence-corrected chi connectivity index (χ4v) is 12.0. The first kappa shape index (κ1) is 37.5. The predicted octanol–water partition coefficient (Wildman–Crippen LogP) is 16.0. The van der Waals surface area contributed by atoms with Gasteiger partial charge < -0.3 is 4.90 Å². The summed E-state index contributed by atoms with van der Waals surface area (Å²) in [6.45, 7) is 4.76. The summed E-state index contributed by atoms with van der Waals surface area (Å²) in [6, 6.07) is 75.2. The Bertz CT molecular complexity index is 3190. The highest BCUT2D eigenvalue weighted by molar-refractivity contribution is 6.03. The van der Waals surface area contributed by atoms with Crippen LogP contribution in [-0.2, 0) is 23.7 Å². The lowest BCUT2D eigenvalue weighted by atomic mass is 9.67. The lowest BCUT2D eigenvalue weighted by Gasteiger charge is -2.33. The van der Waals surface area contributed by atoms with Crippen LogP contribution in [0.5, 0.6) is 0 Å².